The molecule has 39 heavy (non-hydrogen) atoms. The SMILES string of the molecule is CCC(CC)C(=O)/C=C(\O)C(CC)CC.Cc1[c-]c(-c2ccc3c(CC(C)(C)C)cccc3n2)cc(C)c1.[Ir]. The molecule has 3 nitrogen and oxygen atoms in total. The van der Waals surface area contributed by atoms with Gasteiger partial charge in [0.1, 0.15) is 0 Å². The van der Waals surface area contributed by atoms with Crippen LogP contribution in [0, 0.1) is 37.2 Å². The molecule has 0 aliphatic heterocycles. The van der Waals surface area contributed by atoms with Crippen molar-refractivity contribution in [2.45, 2.75) is 94.4 Å². The van der Waals surface area contributed by atoms with Gasteiger partial charge in [0.15, 0.2) is 5.78 Å². The smallest absolute Gasteiger partial charge is 0.162 e. The van der Waals surface area contributed by atoms with Crippen molar-refractivity contribution < 1.29 is 30.0 Å². The maximum Gasteiger partial charge on any atom is 0.162 e. The molecule has 3 rings (SSSR count). The zero-order chi connectivity index (χ0) is 28.5. The Balaban J connectivity index is 0.000000418. The fourth-order valence-corrected chi connectivity index (χ4v) is 4.91. The molecule has 0 amide bonds. The topological polar surface area (TPSA) is 50.2 Å². The number of nitrogens with zero attached hydrogens (tertiary/aromatic N) is 1. The summed E-state index contributed by atoms with van der Waals surface area (Å²) in [5, 5.41) is 11.0. The maximum absolute atomic E-state index is 11.7. The number of carbonyl (C=O) groups is 1. The number of aliphatic hydroxyl groups excluding tert-OH is 1. The van der Waals surface area contributed by atoms with Crippen molar-refractivity contribution in [3.63, 3.8) is 0 Å². The Kier molecular flexibility index (Phi) is 14.3. The number of ketones is 1. The van der Waals surface area contributed by atoms with Crippen LogP contribution in [0.5, 0.6) is 0 Å². The molecule has 0 atom stereocenters. The number of pyridine rings is 1. The Morgan fingerprint density at radius 2 is 1.56 bits per heavy atom. The normalized spacial score (nSPS) is 11.8. The largest absolute Gasteiger partial charge is 0.512 e. The second-order valence-corrected chi connectivity index (χ2v) is 11.7. The molecule has 0 spiro atoms. The molecule has 1 heterocycles. The van der Waals surface area contributed by atoms with Crippen LogP contribution in [0.3, 0.4) is 0 Å². The molecule has 0 saturated heterocycles. The molecular weight excluding hydrogens is 659 g/mol. The van der Waals surface area contributed by atoms with E-state index in [0.29, 0.717) is 0 Å². The van der Waals surface area contributed by atoms with Crippen LogP contribution in [-0.2, 0) is 31.3 Å². The minimum Gasteiger partial charge on any atom is -0.512 e. The Morgan fingerprint density at radius 1 is 0.949 bits per heavy atom. The minimum absolute atomic E-state index is 0. The molecule has 0 bridgehead atoms. The van der Waals surface area contributed by atoms with Gasteiger partial charge in [0.05, 0.1) is 11.3 Å². The van der Waals surface area contributed by atoms with E-state index in [1.807, 2.05) is 27.7 Å². The van der Waals surface area contributed by atoms with Gasteiger partial charge in [-0.15, -0.1) is 34.9 Å². The van der Waals surface area contributed by atoms with E-state index in [-0.39, 0.29) is 48.9 Å². The summed E-state index contributed by atoms with van der Waals surface area (Å²) in [4.78, 5) is 16.6. The van der Waals surface area contributed by atoms with E-state index in [1.54, 1.807) is 0 Å². The monoisotopic (exact) mass is 707 g/mol. The number of rotatable bonds is 9. The first-order valence-corrected chi connectivity index (χ1v) is 14.3. The van der Waals surface area contributed by atoms with Gasteiger partial charge in [-0.1, -0.05) is 86.6 Å². The van der Waals surface area contributed by atoms with Gasteiger partial charge < -0.3 is 5.11 Å². The van der Waals surface area contributed by atoms with E-state index in [0.717, 1.165) is 54.4 Å². The molecule has 4 heteroatoms. The van der Waals surface area contributed by atoms with Gasteiger partial charge >= 0.3 is 0 Å². The summed E-state index contributed by atoms with van der Waals surface area (Å²) in [6.07, 6.45) is 5.96. The average molecular weight is 707 g/mol. The summed E-state index contributed by atoms with van der Waals surface area (Å²) < 4.78 is 0. The van der Waals surface area contributed by atoms with E-state index >= 15 is 0 Å². The third-order valence-corrected chi connectivity index (χ3v) is 7.05. The maximum atomic E-state index is 11.7. The van der Waals surface area contributed by atoms with Gasteiger partial charge in [0, 0.05) is 43.4 Å². The van der Waals surface area contributed by atoms with Crippen molar-refractivity contribution in [3.8, 4) is 11.3 Å². The summed E-state index contributed by atoms with van der Waals surface area (Å²) >= 11 is 0. The van der Waals surface area contributed by atoms with Gasteiger partial charge in [0.25, 0.3) is 0 Å². The van der Waals surface area contributed by atoms with E-state index in [9.17, 15) is 9.90 Å². The Bertz CT molecular complexity index is 1210. The molecule has 1 aromatic heterocycles. The number of aryl methyl sites for hydroxylation is 2. The van der Waals surface area contributed by atoms with Gasteiger partial charge in [-0.2, -0.15) is 0 Å². The zero-order valence-electron chi connectivity index (χ0n) is 25.4. The first-order chi connectivity index (χ1) is 17.9. The van der Waals surface area contributed by atoms with E-state index in [1.165, 1.54) is 22.6 Å². The third kappa shape index (κ3) is 10.7. The molecular formula is C35H48IrNO2-. The number of aliphatic hydroxyl groups is 1. The van der Waals surface area contributed by atoms with Crippen LogP contribution >= 0.6 is 0 Å². The second kappa shape index (κ2) is 16.1. The number of hydrogen-bond acceptors (Lipinski definition) is 3. The molecule has 0 fully saturated rings. The summed E-state index contributed by atoms with van der Waals surface area (Å²) in [7, 11) is 0. The fraction of sp³-hybridized carbons (Fsp3) is 0.486. The average Bonchev–Trinajstić information content (AvgIpc) is 2.84. The molecule has 0 saturated carbocycles. The Hall–Kier alpha value is -2.29. The Morgan fingerprint density at radius 3 is 2.10 bits per heavy atom. The van der Waals surface area contributed by atoms with E-state index in [2.05, 4.69) is 83.1 Å². The predicted molar refractivity (Wildman–Crippen MR) is 163 cm³/mol. The van der Waals surface area contributed by atoms with Crippen LogP contribution in [0.2, 0.25) is 0 Å². The van der Waals surface area contributed by atoms with Crippen LogP contribution in [0.25, 0.3) is 22.2 Å². The molecule has 3 aromatic rings. The quantitative estimate of drug-likeness (QED) is 0.137. The first-order valence-electron chi connectivity index (χ1n) is 14.3. The van der Waals surface area contributed by atoms with Gasteiger partial charge in [-0.05, 0) is 54.8 Å². The van der Waals surface area contributed by atoms with Gasteiger partial charge in [0.2, 0.25) is 0 Å². The van der Waals surface area contributed by atoms with Crippen molar-refractivity contribution in [1.29, 1.82) is 0 Å². The number of fused-ring (bicyclic) bond motifs is 1. The zero-order valence-corrected chi connectivity index (χ0v) is 27.8. The van der Waals surface area contributed by atoms with Crippen LogP contribution in [0.4, 0.5) is 0 Å². The first kappa shape index (κ1) is 34.7. The predicted octanol–water partition coefficient (Wildman–Crippen LogP) is 9.77. The van der Waals surface area contributed by atoms with Gasteiger partial charge in [-0.25, -0.2) is 0 Å². The van der Waals surface area contributed by atoms with E-state index < -0.39 is 0 Å². The van der Waals surface area contributed by atoms with Crippen molar-refractivity contribution in [3.05, 3.63) is 77.1 Å². The van der Waals surface area contributed by atoms with Crippen LogP contribution in [0.15, 0.2) is 54.3 Å². The third-order valence-electron chi connectivity index (χ3n) is 7.05. The summed E-state index contributed by atoms with van der Waals surface area (Å²) in [5.74, 6) is 0.547. The summed E-state index contributed by atoms with van der Waals surface area (Å²) in [5.41, 5.74) is 7.19. The molecule has 0 unspecified atom stereocenters. The molecule has 1 radical (unpaired) electrons. The molecule has 1 N–H and O–H groups in total. The number of benzene rings is 2. The summed E-state index contributed by atoms with van der Waals surface area (Å²) in [6.45, 7) is 19.1. The molecule has 0 aliphatic carbocycles. The van der Waals surface area contributed by atoms with Gasteiger partial charge in [-0.3, -0.25) is 9.78 Å². The Labute approximate surface area is 250 Å². The molecule has 215 valence electrons. The second-order valence-electron chi connectivity index (χ2n) is 11.7. The number of hydrogen-bond donors (Lipinski definition) is 1. The fourth-order valence-electron chi connectivity index (χ4n) is 4.91. The number of aromatic nitrogens is 1. The van der Waals surface area contributed by atoms with Crippen molar-refractivity contribution >= 4 is 16.7 Å². The molecule has 2 aromatic carbocycles. The standard InChI is InChI=1S/C22H24N.C13H24O2.Ir/c1-15-11-16(2)13-18(12-15)20-10-9-19-17(14-22(3,4)5)7-6-8-21(19)23-20;1-5-10(6-2)12(14)9-13(15)11(7-3)8-4;/h6-12H,14H2,1-5H3;9-11,14H,5-8H2,1-4H3;/q-1;;/b;12-9-;. The van der Waals surface area contributed by atoms with Crippen molar-refractivity contribution in [2.75, 3.05) is 0 Å². The van der Waals surface area contributed by atoms with Crippen molar-refractivity contribution in [2.24, 2.45) is 17.3 Å². The van der Waals surface area contributed by atoms with Crippen LogP contribution < -0.4 is 0 Å². The minimum atomic E-state index is 0. The van der Waals surface area contributed by atoms with Crippen molar-refractivity contribution in [1.82, 2.24) is 4.98 Å². The van der Waals surface area contributed by atoms with Crippen LogP contribution in [-0.4, -0.2) is 15.9 Å². The summed E-state index contributed by atoms with van der Waals surface area (Å²) in [6, 6.07) is 18.5. The van der Waals surface area contributed by atoms with E-state index in [4.69, 9.17) is 4.98 Å². The van der Waals surface area contributed by atoms with Crippen LogP contribution in [0.1, 0.15) is 90.8 Å². The number of carbonyl (C=O) groups excluding carboxylic acids is 1. The number of allylic oxidation sites excluding steroid dienone is 2. The molecule has 0 aliphatic rings.